The highest BCUT2D eigenvalue weighted by Crippen LogP contribution is 2.43. The van der Waals surface area contributed by atoms with Crippen LogP contribution in [0, 0.1) is 24.5 Å². The van der Waals surface area contributed by atoms with Crippen LogP contribution < -0.4 is 0 Å². The van der Waals surface area contributed by atoms with Crippen LogP contribution >= 0.6 is 0 Å². The van der Waals surface area contributed by atoms with Crippen molar-refractivity contribution in [3.63, 3.8) is 0 Å². The molecule has 2 heterocycles. The van der Waals surface area contributed by atoms with Crippen molar-refractivity contribution >= 4 is 55.0 Å². The van der Waals surface area contributed by atoms with Crippen molar-refractivity contribution in [1.82, 2.24) is 9.13 Å². The van der Waals surface area contributed by atoms with E-state index < -0.39 is 0 Å². The molecule has 0 N–H and O–H groups in total. The lowest BCUT2D eigenvalue weighted by Crippen LogP contribution is -1.99. The number of aromatic nitrogens is 2. The first-order valence-corrected chi connectivity index (χ1v) is 16.2. The van der Waals surface area contributed by atoms with Gasteiger partial charge in [-0.1, -0.05) is 91.0 Å². The second-order valence-corrected chi connectivity index (χ2v) is 12.2. The Morgan fingerprint density at radius 3 is 1.78 bits per heavy atom. The predicted molar refractivity (Wildman–Crippen MR) is 203 cm³/mol. The molecule has 0 atom stereocenters. The molecule has 0 fully saturated rings. The summed E-state index contributed by atoms with van der Waals surface area (Å²) in [7, 11) is 0. The molecule has 0 spiro atoms. The first kappa shape index (κ1) is 28.8. The summed E-state index contributed by atoms with van der Waals surface area (Å²) in [5.74, 6) is 0. The fraction of sp³-hybridized carbons (Fsp3) is 0. The first-order valence-electron chi connectivity index (χ1n) is 16.2. The number of hydrogen-bond acceptors (Lipinski definition) is 1. The number of rotatable bonds is 4. The normalized spacial score (nSPS) is 11.1. The van der Waals surface area contributed by atoms with E-state index in [1.165, 1.54) is 10.8 Å². The molecule has 7 aromatic carbocycles. The van der Waals surface area contributed by atoms with Gasteiger partial charge in [-0.15, -0.1) is 0 Å². The summed E-state index contributed by atoms with van der Waals surface area (Å²) in [6.07, 6.45) is 0. The minimum absolute atomic E-state index is 0.309. The molecule has 0 bridgehead atoms. The van der Waals surface area contributed by atoms with Crippen LogP contribution in [0.2, 0.25) is 0 Å². The van der Waals surface area contributed by atoms with Crippen molar-refractivity contribution in [3.05, 3.63) is 180 Å². The van der Waals surface area contributed by atoms with E-state index in [0.29, 0.717) is 16.9 Å². The van der Waals surface area contributed by atoms with Crippen molar-refractivity contribution in [2.24, 2.45) is 0 Å². The maximum Gasteiger partial charge on any atom is 0.205 e. The van der Waals surface area contributed by atoms with Gasteiger partial charge < -0.3 is 9.13 Å². The van der Waals surface area contributed by atoms with Crippen LogP contribution in [0.15, 0.2) is 152 Å². The van der Waals surface area contributed by atoms with Gasteiger partial charge in [-0.05, 0) is 82.7 Å². The Kier molecular flexibility index (Phi) is 6.56. The summed E-state index contributed by atoms with van der Waals surface area (Å²) in [6.45, 7) is 15.6. The summed E-state index contributed by atoms with van der Waals surface area (Å²) in [5, 5.41) is 14.6. The Morgan fingerprint density at radius 1 is 0.480 bits per heavy atom. The standard InChI is InChI=1S/C45H25N5/c1-47-31-22-23-45-39(26-31)36-17-6-10-21-44(36)50(45)43-20-9-5-16-35(43)38-27-40(48-2)30(28-46)25-37(38)29-12-11-13-32(24-29)49-41-18-7-3-14-33(41)34-15-4-8-19-42(34)49/h3-27H. The van der Waals surface area contributed by atoms with E-state index in [1.807, 2.05) is 54.6 Å². The number of nitrogens with zero attached hydrogens (tertiary/aromatic N) is 5. The Labute approximate surface area is 288 Å². The SMILES string of the molecule is [C-]#[N+]c1ccc2c(c1)c1ccccc1n2-c1ccccc1-c1cc([N+]#[C-])c(C#N)cc1-c1cccc(-n2c3ccccc3c3ccccc32)c1. The second kappa shape index (κ2) is 11.4. The van der Waals surface area contributed by atoms with Crippen LogP contribution in [0.5, 0.6) is 0 Å². The fourth-order valence-corrected chi connectivity index (χ4v) is 7.43. The van der Waals surface area contributed by atoms with E-state index in [0.717, 1.165) is 66.5 Å². The lowest BCUT2D eigenvalue weighted by atomic mass is 9.90. The molecule has 230 valence electrons. The molecule has 9 rings (SSSR count). The van der Waals surface area contributed by atoms with Gasteiger partial charge >= 0.3 is 0 Å². The van der Waals surface area contributed by atoms with Crippen molar-refractivity contribution < 1.29 is 0 Å². The molecule has 0 aliphatic rings. The molecular formula is C45H25N5. The molecule has 0 aliphatic carbocycles. The number of fused-ring (bicyclic) bond motifs is 6. The number of hydrogen-bond donors (Lipinski definition) is 0. The Balaban J connectivity index is 1.32. The molecular weight excluding hydrogens is 611 g/mol. The molecule has 0 unspecified atom stereocenters. The molecule has 2 aromatic heterocycles. The van der Waals surface area contributed by atoms with E-state index in [1.54, 1.807) is 0 Å². The van der Waals surface area contributed by atoms with Gasteiger partial charge in [0.25, 0.3) is 0 Å². The molecule has 0 aliphatic heterocycles. The molecule has 50 heavy (non-hydrogen) atoms. The van der Waals surface area contributed by atoms with Crippen molar-refractivity contribution in [3.8, 4) is 39.7 Å². The largest absolute Gasteiger partial charge is 0.309 e. The maximum atomic E-state index is 10.2. The van der Waals surface area contributed by atoms with E-state index in [-0.39, 0.29) is 0 Å². The second-order valence-electron chi connectivity index (χ2n) is 12.2. The molecule has 9 aromatic rings. The molecule has 0 saturated heterocycles. The summed E-state index contributed by atoms with van der Waals surface area (Å²) < 4.78 is 4.53. The van der Waals surface area contributed by atoms with E-state index in [2.05, 4.69) is 122 Å². The van der Waals surface area contributed by atoms with Crippen LogP contribution in [0.4, 0.5) is 11.4 Å². The van der Waals surface area contributed by atoms with Crippen LogP contribution in [0.1, 0.15) is 5.56 Å². The first-order chi connectivity index (χ1) is 24.7. The van der Waals surface area contributed by atoms with Crippen molar-refractivity contribution in [1.29, 1.82) is 5.26 Å². The zero-order valence-electron chi connectivity index (χ0n) is 26.7. The highest BCUT2D eigenvalue weighted by molar-refractivity contribution is 6.11. The average molecular weight is 636 g/mol. The molecule has 0 saturated carbocycles. The number of para-hydroxylation sites is 4. The highest BCUT2D eigenvalue weighted by Gasteiger charge is 2.20. The maximum absolute atomic E-state index is 10.2. The van der Waals surface area contributed by atoms with E-state index >= 15 is 0 Å². The minimum Gasteiger partial charge on any atom is -0.309 e. The zero-order chi connectivity index (χ0) is 33.8. The van der Waals surface area contributed by atoms with Gasteiger partial charge in [-0.25, -0.2) is 9.69 Å². The molecule has 5 heteroatoms. The Bertz CT molecular complexity index is 2920. The van der Waals surface area contributed by atoms with Crippen LogP contribution in [0.3, 0.4) is 0 Å². The summed E-state index contributed by atoms with van der Waals surface area (Å²) >= 11 is 0. The number of benzene rings is 7. The predicted octanol–water partition coefficient (Wildman–Crippen LogP) is 12.2. The minimum atomic E-state index is 0.309. The van der Waals surface area contributed by atoms with Crippen LogP contribution in [-0.2, 0) is 0 Å². The van der Waals surface area contributed by atoms with Crippen LogP contribution in [0.25, 0.3) is 86.9 Å². The third-order valence-corrected chi connectivity index (χ3v) is 9.59. The third kappa shape index (κ3) is 4.31. The smallest absolute Gasteiger partial charge is 0.205 e. The van der Waals surface area contributed by atoms with Gasteiger partial charge in [0.15, 0.2) is 5.69 Å². The fourth-order valence-electron chi connectivity index (χ4n) is 7.43. The third-order valence-electron chi connectivity index (χ3n) is 9.59. The Hall–Kier alpha value is -7.39. The molecule has 5 nitrogen and oxygen atoms in total. The van der Waals surface area contributed by atoms with Gasteiger partial charge in [0, 0.05) is 27.4 Å². The summed E-state index contributed by atoms with van der Waals surface area (Å²) in [5.41, 5.74) is 11.0. The van der Waals surface area contributed by atoms with Gasteiger partial charge in [-0.3, -0.25) is 0 Å². The van der Waals surface area contributed by atoms with Crippen molar-refractivity contribution in [2.45, 2.75) is 0 Å². The highest BCUT2D eigenvalue weighted by atomic mass is 15.0. The summed E-state index contributed by atoms with van der Waals surface area (Å²) in [6, 6.07) is 53.6. The molecule has 0 radical (unpaired) electrons. The topological polar surface area (TPSA) is 42.4 Å². The molecule has 0 amide bonds. The Morgan fingerprint density at radius 2 is 1.10 bits per heavy atom. The summed E-state index contributed by atoms with van der Waals surface area (Å²) in [4.78, 5) is 7.49. The lowest BCUT2D eigenvalue weighted by Gasteiger charge is -2.18. The van der Waals surface area contributed by atoms with Crippen LogP contribution in [-0.4, -0.2) is 9.13 Å². The van der Waals surface area contributed by atoms with Gasteiger partial charge in [0.2, 0.25) is 5.69 Å². The monoisotopic (exact) mass is 635 g/mol. The average Bonchev–Trinajstić information content (AvgIpc) is 3.70. The van der Waals surface area contributed by atoms with E-state index in [9.17, 15) is 5.26 Å². The van der Waals surface area contributed by atoms with Gasteiger partial charge in [0.05, 0.1) is 52.5 Å². The zero-order valence-corrected chi connectivity index (χ0v) is 26.7. The van der Waals surface area contributed by atoms with Crippen molar-refractivity contribution in [2.75, 3.05) is 0 Å². The number of nitriles is 1. The van der Waals surface area contributed by atoms with E-state index in [4.69, 9.17) is 13.1 Å². The van der Waals surface area contributed by atoms with Gasteiger partial charge in [0.1, 0.15) is 0 Å². The lowest BCUT2D eigenvalue weighted by molar-refractivity contribution is 1.18. The quantitative estimate of drug-likeness (QED) is 0.177. The van der Waals surface area contributed by atoms with Gasteiger partial charge in [-0.2, -0.15) is 5.26 Å².